The van der Waals surface area contributed by atoms with Crippen LogP contribution in [0.15, 0.2) is 36.4 Å². The summed E-state index contributed by atoms with van der Waals surface area (Å²) in [5.41, 5.74) is 2.65. The lowest BCUT2D eigenvalue weighted by molar-refractivity contribution is -0.118. The molecule has 0 radical (unpaired) electrons. The molecule has 1 aromatic heterocycles. The molecule has 0 atom stereocenters. The number of nitrogens with zero attached hydrogens (tertiary/aromatic N) is 4. The first-order valence-electron chi connectivity index (χ1n) is 8.78. The highest BCUT2D eigenvalue weighted by molar-refractivity contribution is 6.32. The number of carbonyl (C=O) groups excluding carboxylic acids is 1. The van der Waals surface area contributed by atoms with Crippen LogP contribution >= 0.6 is 11.6 Å². The lowest BCUT2D eigenvalue weighted by atomic mass is 10.2. The number of nitrogens with one attached hydrogen (secondary N) is 2. The first-order chi connectivity index (χ1) is 14.0. The van der Waals surface area contributed by atoms with E-state index in [-0.39, 0.29) is 12.5 Å². The molecule has 29 heavy (non-hydrogen) atoms. The van der Waals surface area contributed by atoms with Gasteiger partial charge in [-0.15, -0.1) is 0 Å². The van der Waals surface area contributed by atoms with Crippen molar-refractivity contribution in [2.45, 2.75) is 13.5 Å². The van der Waals surface area contributed by atoms with E-state index in [4.69, 9.17) is 21.1 Å². The van der Waals surface area contributed by atoms with E-state index >= 15 is 0 Å². The molecule has 9 nitrogen and oxygen atoms in total. The Morgan fingerprint density at radius 1 is 1.24 bits per heavy atom. The van der Waals surface area contributed by atoms with Crippen molar-refractivity contribution >= 4 is 29.1 Å². The molecule has 0 saturated heterocycles. The third kappa shape index (κ3) is 5.35. The first-order valence-corrected chi connectivity index (χ1v) is 9.16. The van der Waals surface area contributed by atoms with Gasteiger partial charge in [0.1, 0.15) is 0 Å². The van der Waals surface area contributed by atoms with Gasteiger partial charge >= 0.3 is 0 Å². The highest BCUT2D eigenvalue weighted by atomic mass is 35.5. The van der Waals surface area contributed by atoms with Gasteiger partial charge in [0, 0.05) is 19.3 Å². The molecule has 0 aliphatic rings. The summed E-state index contributed by atoms with van der Waals surface area (Å²) in [5, 5.41) is 17.4. The van der Waals surface area contributed by atoms with Gasteiger partial charge in [-0.2, -0.15) is 0 Å². The molecule has 0 bridgehead atoms. The number of tetrazole rings is 1. The molecular formula is C19H21ClN6O3. The number of ether oxygens (including phenoxy) is 2. The largest absolute Gasteiger partial charge is 0.493 e. The maximum Gasteiger partial charge on any atom is 0.262 e. The van der Waals surface area contributed by atoms with Gasteiger partial charge in [-0.05, 0) is 47.2 Å². The number of hydrogen-bond donors (Lipinski definition) is 2. The van der Waals surface area contributed by atoms with Gasteiger partial charge in [0.05, 0.1) is 12.1 Å². The van der Waals surface area contributed by atoms with Gasteiger partial charge in [0.15, 0.2) is 18.1 Å². The van der Waals surface area contributed by atoms with Crippen LogP contribution in [-0.4, -0.2) is 39.8 Å². The highest BCUT2D eigenvalue weighted by Gasteiger charge is 2.14. The van der Waals surface area contributed by atoms with Crippen molar-refractivity contribution in [2.75, 3.05) is 24.4 Å². The molecule has 2 N–H and O–H groups in total. The molecule has 2 aromatic carbocycles. The van der Waals surface area contributed by atoms with Crippen LogP contribution in [0.5, 0.6) is 11.5 Å². The van der Waals surface area contributed by atoms with E-state index in [0.29, 0.717) is 34.7 Å². The smallest absolute Gasteiger partial charge is 0.262 e. The Balaban J connectivity index is 1.63. The number of hydrogen-bond acceptors (Lipinski definition) is 7. The van der Waals surface area contributed by atoms with Crippen LogP contribution in [0.1, 0.15) is 11.1 Å². The van der Waals surface area contributed by atoms with Gasteiger partial charge in [0.25, 0.3) is 5.91 Å². The van der Waals surface area contributed by atoms with Crippen molar-refractivity contribution in [3.8, 4) is 11.5 Å². The molecule has 10 heteroatoms. The maximum atomic E-state index is 12.2. The van der Waals surface area contributed by atoms with Crippen LogP contribution in [0.25, 0.3) is 0 Å². The third-order valence-electron chi connectivity index (χ3n) is 4.04. The number of anilines is 2. The second-order valence-electron chi connectivity index (χ2n) is 6.29. The average molecular weight is 417 g/mol. The number of amides is 1. The lowest BCUT2D eigenvalue weighted by Crippen LogP contribution is -2.20. The van der Waals surface area contributed by atoms with Gasteiger partial charge in [-0.1, -0.05) is 34.4 Å². The fraction of sp³-hybridized carbons (Fsp3) is 0.263. The molecule has 1 heterocycles. The Bertz CT molecular complexity index is 990. The molecule has 0 aliphatic heterocycles. The minimum atomic E-state index is -0.299. The summed E-state index contributed by atoms with van der Waals surface area (Å²) in [5.74, 6) is 0.950. The molecule has 0 unspecified atom stereocenters. The standard InChI is InChI=1S/C19H21ClN6O3/c1-12-4-6-14(7-5-12)22-17(27)11-29-18-15(20)8-13(9-16(18)28-3)10-21-19-23-24-25-26(19)2/h4-9H,10-11H2,1-3H3,(H,22,27)(H,21,23,25). The molecule has 0 fully saturated rings. The van der Waals surface area contributed by atoms with Gasteiger partial charge in [0.2, 0.25) is 5.95 Å². The second-order valence-corrected chi connectivity index (χ2v) is 6.70. The quantitative estimate of drug-likeness (QED) is 0.581. The molecule has 152 valence electrons. The zero-order chi connectivity index (χ0) is 20.8. The van der Waals surface area contributed by atoms with Crippen molar-refractivity contribution in [1.29, 1.82) is 0 Å². The number of carbonyl (C=O) groups is 1. The van der Waals surface area contributed by atoms with E-state index in [9.17, 15) is 4.79 Å². The number of rotatable bonds is 8. The van der Waals surface area contributed by atoms with Crippen molar-refractivity contribution in [3.05, 3.63) is 52.5 Å². The summed E-state index contributed by atoms with van der Waals surface area (Å²) in [6.45, 7) is 2.21. The molecule has 3 rings (SSSR count). The van der Waals surface area contributed by atoms with Crippen molar-refractivity contribution in [2.24, 2.45) is 7.05 Å². The van der Waals surface area contributed by atoms with E-state index in [1.165, 1.54) is 11.8 Å². The molecule has 0 saturated carbocycles. The zero-order valence-electron chi connectivity index (χ0n) is 16.3. The van der Waals surface area contributed by atoms with Crippen molar-refractivity contribution in [1.82, 2.24) is 20.2 Å². The minimum absolute atomic E-state index is 0.202. The van der Waals surface area contributed by atoms with Gasteiger partial charge in [-0.3, -0.25) is 4.79 Å². The topological polar surface area (TPSA) is 103 Å². The fourth-order valence-corrected chi connectivity index (χ4v) is 2.84. The summed E-state index contributed by atoms with van der Waals surface area (Å²) < 4.78 is 12.5. The Morgan fingerprint density at radius 2 is 2.00 bits per heavy atom. The Morgan fingerprint density at radius 3 is 2.66 bits per heavy atom. The third-order valence-corrected chi connectivity index (χ3v) is 4.32. The minimum Gasteiger partial charge on any atom is -0.493 e. The lowest BCUT2D eigenvalue weighted by Gasteiger charge is -2.14. The Labute approximate surface area is 173 Å². The van der Waals surface area contributed by atoms with Crippen LogP contribution < -0.4 is 20.1 Å². The fourth-order valence-electron chi connectivity index (χ4n) is 2.55. The average Bonchev–Trinajstić information content (AvgIpc) is 3.11. The highest BCUT2D eigenvalue weighted by Crippen LogP contribution is 2.36. The number of aromatic nitrogens is 4. The van der Waals surface area contributed by atoms with Crippen LogP contribution in [-0.2, 0) is 18.4 Å². The van der Waals surface area contributed by atoms with E-state index in [1.54, 1.807) is 19.2 Å². The molecule has 1 amide bonds. The Hall–Kier alpha value is -3.33. The summed E-state index contributed by atoms with van der Waals surface area (Å²) >= 11 is 6.36. The second kappa shape index (κ2) is 9.24. The van der Waals surface area contributed by atoms with E-state index < -0.39 is 0 Å². The molecule has 0 spiro atoms. The summed E-state index contributed by atoms with van der Waals surface area (Å²) in [6.07, 6.45) is 0. The van der Waals surface area contributed by atoms with Crippen molar-refractivity contribution in [3.63, 3.8) is 0 Å². The van der Waals surface area contributed by atoms with Crippen LogP contribution in [0, 0.1) is 6.92 Å². The van der Waals surface area contributed by atoms with Crippen LogP contribution in [0.2, 0.25) is 5.02 Å². The van der Waals surface area contributed by atoms with Crippen LogP contribution in [0.4, 0.5) is 11.6 Å². The molecular weight excluding hydrogens is 396 g/mol. The van der Waals surface area contributed by atoms with Gasteiger partial charge in [-0.25, -0.2) is 4.68 Å². The van der Waals surface area contributed by atoms with E-state index in [0.717, 1.165) is 11.1 Å². The molecule has 0 aliphatic carbocycles. The zero-order valence-corrected chi connectivity index (χ0v) is 17.0. The number of benzene rings is 2. The number of aryl methyl sites for hydroxylation is 2. The monoisotopic (exact) mass is 416 g/mol. The number of halogens is 1. The predicted octanol–water partition coefficient (Wildman–Crippen LogP) is 2.81. The summed E-state index contributed by atoms with van der Waals surface area (Å²) in [6, 6.07) is 11.0. The van der Waals surface area contributed by atoms with E-state index in [1.807, 2.05) is 31.2 Å². The Kier molecular flexibility index (Phi) is 6.50. The number of methoxy groups -OCH3 is 1. The van der Waals surface area contributed by atoms with Gasteiger partial charge < -0.3 is 20.1 Å². The van der Waals surface area contributed by atoms with Crippen molar-refractivity contribution < 1.29 is 14.3 Å². The SMILES string of the molecule is COc1cc(CNc2nnnn2C)cc(Cl)c1OCC(=O)Nc1ccc(C)cc1. The summed E-state index contributed by atoms with van der Waals surface area (Å²) in [7, 11) is 3.24. The van der Waals surface area contributed by atoms with Crippen LogP contribution in [0.3, 0.4) is 0 Å². The normalized spacial score (nSPS) is 10.5. The first kappa shape index (κ1) is 20.4. The summed E-state index contributed by atoms with van der Waals surface area (Å²) in [4.78, 5) is 12.2. The predicted molar refractivity (Wildman–Crippen MR) is 109 cm³/mol. The maximum absolute atomic E-state index is 12.2. The van der Waals surface area contributed by atoms with E-state index in [2.05, 4.69) is 26.2 Å². The molecule has 3 aromatic rings.